The Morgan fingerprint density at radius 1 is 0.783 bits per heavy atom. The van der Waals surface area contributed by atoms with Crippen molar-refractivity contribution in [1.82, 2.24) is 0 Å². The molecule has 23 heavy (non-hydrogen) atoms. The van der Waals surface area contributed by atoms with Crippen LogP contribution in [0.1, 0.15) is 62.3 Å². The molecule has 0 aromatic rings. The molecule has 0 aromatic carbocycles. The van der Waals surface area contributed by atoms with Crippen LogP contribution in [-0.2, 0) is 23.4 Å². The third kappa shape index (κ3) is 3.39. The number of Topliss-reactive ketones (excluding diaryl/α,β-unsaturated/α-hetero) is 1. The van der Waals surface area contributed by atoms with Crippen LogP contribution in [0.15, 0.2) is 0 Å². The van der Waals surface area contributed by atoms with Crippen molar-refractivity contribution in [3.8, 4) is 0 Å². The van der Waals surface area contributed by atoms with Gasteiger partial charge >= 0.3 is 14.2 Å². The maximum Gasteiger partial charge on any atom is 0.468 e. The number of ketones is 1. The molecule has 7 heteroatoms. The topological polar surface area (TPSA) is 54.0 Å². The minimum Gasteiger partial charge on any atom is -0.403 e. The van der Waals surface area contributed by atoms with Crippen LogP contribution in [0.5, 0.6) is 0 Å². The van der Waals surface area contributed by atoms with Gasteiger partial charge in [0, 0.05) is 0 Å². The van der Waals surface area contributed by atoms with Crippen molar-refractivity contribution in [3.05, 3.63) is 0 Å². The monoisotopic (exact) mass is 324 g/mol. The minimum atomic E-state index is -0.573. The van der Waals surface area contributed by atoms with E-state index in [1.54, 1.807) is 6.92 Å². The lowest BCUT2D eigenvalue weighted by molar-refractivity contribution is -0.117. The van der Waals surface area contributed by atoms with Crippen molar-refractivity contribution in [2.75, 3.05) is 0 Å². The van der Waals surface area contributed by atoms with Gasteiger partial charge in [-0.3, -0.25) is 0 Å². The summed E-state index contributed by atoms with van der Waals surface area (Å²) in [7, 11) is -1.01. The Hall–Kier alpha value is -0.360. The minimum absolute atomic E-state index is 0.0261. The molecule has 2 fully saturated rings. The van der Waals surface area contributed by atoms with Crippen molar-refractivity contribution in [2.45, 2.75) is 96.9 Å². The molecule has 2 aliphatic rings. The highest BCUT2D eigenvalue weighted by atomic mass is 16.7. The van der Waals surface area contributed by atoms with Gasteiger partial charge in [0.2, 0.25) is 0 Å². The van der Waals surface area contributed by atoms with Crippen molar-refractivity contribution >= 4 is 20.0 Å². The van der Waals surface area contributed by atoms with Gasteiger partial charge < -0.3 is 23.4 Å². The van der Waals surface area contributed by atoms with Gasteiger partial charge in [-0.05, 0) is 68.6 Å². The third-order valence-electron chi connectivity index (χ3n) is 5.87. The van der Waals surface area contributed by atoms with Gasteiger partial charge in [-0.1, -0.05) is 0 Å². The van der Waals surface area contributed by atoms with Crippen molar-refractivity contribution in [1.29, 1.82) is 0 Å². The molecule has 2 rings (SSSR count). The molecule has 1 unspecified atom stereocenters. The molecule has 0 aliphatic carbocycles. The number of hydrogen-bond acceptors (Lipinski definition) is 5. The Labute approximate surface area is 141 Å². The highest BCUT2D eigenvalue weighted by Gasteiger charge is 2.57. The summed E-state index contributed by atoms with van der Waals surface area (Å²) in [6.45, 7) is 17.5. The van der Waals surface area contributed by atoms with Gasteiger partial charge in [0.25, 0.3) is 0 Å². The SMILES string of the molecule is CC(=O)C(CB1OC(C)(C)C(C)(C)O1)B1OC(C)(C)C(C)(C)O1. The molecule has 1 atom stereocenters. The standard InChI is InChI=1S/C16H30B2O5/c1-11(19)12(18-22-15(6,7)16(8,9)23-18)10-17-20-13(2,3)14(4,5)21-17/h12H,10H2,1-9H3. The summed E-state index contributed by atoms with van der Waals surface area (Å²) in [5.74, 6) is -0.385. The molecular formula is C16H30B2O5. The summed E-state index contributed by atoms with van der Waals surface area (Å²) in [6.07, 6.45) is 0.430. The van der Waals surface area contributed by atoms with Crippen molar-refractivity contribution in [2.24, 2.45) is 0 Å². The van der Waals surface area contributed by atoms with E-state index in [9.17, 15) is 4.79 Å². The highest BCUT2D eigenvalue weighted by Crippen LogP contribution is 2.44. The number of rotatable bonds is 4. The molecule has 0 N–H and O–H groups in total. The van der Waals surface area contributed by atoms with E-state index in [-0.39, 0.29) is 5.78 Å². The Morgan fingerprint density at radius 3 is 1.48 bits per heavy atom. The maximum atomic E-state index is 12.2. The maximum absolute atomic E-state index is 12.2. The zero-order valence-corrected chi connectivity index (χ0v) is 16.0. The lowest BCUT2D eigenvalue weighted by Gasteiger charge is -2.32. The largest absolute Gasteiger partial charge is 0.468 e. The van der Waals surface area contributed by atoms with Gasteiger partial charge in [0.1, 0.15) is 5.78 Å². The molecule has 2 heterocycles. The molecular weight excluding hydrogens is 294 g/mol. The van der Waals surface area contributed by atoms with Gasteiger partial charge in [-0.25, -0.2) is 0 Å². The van der Waals surface area contributed by atoms with Gasteiger partial charge in [0.05, 0.1) is 28.2 Å². The summed E-state index contributed by atoms with van der Waals surface area (Å²) in [5.41, 5.74) is -1.73. The molecule has 2 aliphatic heterocycles. The number of hydrogen-bond donors (Lipinski definition) is 0. The van der Waals surface area contributed by atoms with Crippen molar-refractivity contribution in [3.63, 3.8) is 0 Å². The van der Waals surface area contributed by atoms with E-state index in [0.29, 0.717) is 6.32 Å². The Kier molecular flexibility index (Phi) is 4.60. The third-order valence-corrected chi connectivity index (χ3v) is 5.87. The van der Waals surface area contributed by atoms with E-state index in [2.05, 4.69) is 0 Å². The smallest absolute Gasteiger partial charge is 0.403 e. The van der Waals surface area contributed by atoms with Crippen LogP contribution in [0, 0.1) is 0 Å². The first-order valence-electron chi connectivity index (χ1n) is 8.40. The van der Waals surface area contributed by atoms with E-state index in [4.69, 9.17) is 18.6 Å². The average molecular weight is 324 g/mol. The average Bonchev–Trinajstić information content (AvgIpc) is 2.65. The van der Waals surface area contributed by atoms with E-state index in [0.717, 1.165) is 0 Å². The highest BCUT2D eigenvalue weighted by molar-refractivity contribution is 6.57. The predicted octanol–water partition coefficient (Wildman–Crippen LogP) is 3.13. The van der Waals surface area contributed by atoms with E-state index in [1.807, 2.05) is 55.4 Å². The van der Waals surface area contributed by atoms with Crippen LogP contribution in [0.2, 0.25) is 12.1 Å². The van der Waals surface area contributed by atoms with Gasteiger partial charge in [-0.15, -0.1) is 0 Å². The predicted molar refractivity (Wildman–Crippen MR) is 91.4 cm³/mol. The van der Waals surface area contributed by atoms with Crippen LogP contribution in [-0.4, -0.2) is 42.4 Å². The number of carbonyl (C=O) groups is 1. The Morgan fingerprint density at radius 2 is 1.13 bits per heavy atom. The second-order valence-electron chi connectivity index (χ2n) is 8.76. The first-order valence-corrected chi connectivity index (χ1v) is 8.40. The first-order chi connectivity index (χ1) is 10.2. The van der Waals surface area contributed by atoms with Crippen LogP contribution in [0.4, 0.5) is 0 Å². The summed E-state index contributed by atoms with van der Waals surface area (Å²) in [6, 6.07) is 0. The molecule has 2 saturated heterocycles. The van der Waals surface area contributed by atoms with E-state index in [1.165, 1.54) is 0 Å². The summed E-state index contributed by atoms with van der Waals surface area (Å²) in [4.78, 5) is 12.2. The van der Waals surface area contributed by atoms with Gasteiger partial charge in [0.15, 0.2) is 0 Å². The molecule has 0 bridgehead atoms. The zero-order chi connectivity index (χ0) is 17.8. The molecule has 5 nitrogen and oxygen atoms in total. The second-order valence-corrected chi connectivity index (χ2v) is 8.76. The fourth-order valence-corrected chi connectivity index (χ4v) is 2.79. The second kappa shape index (κ2) is 5.58. The quantitative estimate of drug-likeness (QED) is 0.744. The fourth-order valence-electron chi connectivity index (χ4n) is 2.79. The fraction of sp³-hybridized carbons (Fsp3) is 0.938. The molecule has 0 aromatic heterocycles. The van der Waals surface area contributed by atoms with Crippen LogP contribution in [0.25, 0.3) is 0 Å². The summed E-state index contributed by atoms with van der Waals surface area (Å²) < 4.78 is 24.1. The first kappa shape index (κ1) is 19.0. The number of carbonyl (C=O) groups excluding carboxylic acids is 1. The van der Waals surface area contributed by atoms with Gasteiger partial charge in [-0.2, -0.15) is 0 Å². The van der Waals surface area contributed by atoms with E-state index >= 15 is 0 Å². The summed E-state index contributed by atoms with van der Waals surface area (Å²) >= 11 is 0. The molecule has 0 amide bonds. The van der Waals surface area contributed by atoms with Crippen LogP contribution in [0.3, 0.4) is 0 Å². The molecule has 130 valence electrons. The lowest BCUT2D eigenvalue weighted by Crippen LogP contribution is -2.41. The molecule has 0 saturated carbocycles. The molecule has 0 spiro atoms. The van der Waals surface area contributed by atoms with Crippen molar-refractivity contribution < 1.29 is 23.4 Å². The summed E-state index contributed by atoms with van der Waals surface area (Å²) in [5, 5.41) is 0. The zero-order valence-electron chi connectivity index (χ0n) is 16.0. The Bertz CT molecular complexity index is 455. The van der Waals surface area contributed by atoms with Crippen LogP contribution < -0.4 is 0 Å². The Balaban J connectivity index is 2.12. The lowest BCUT2D eigenvalue weighted by atomic mass is 9.59. The normalized spacial score (nSPS) is 28.9. The van der Waals surface area contributed by atoms with E-state index < -0.39 is 42.5 Å². The molecule has 0 radical (unpaired) electrons. The van der Waals surface area contributed by atoms with Crippen LogP contribution >= 0.6 is 0 Å².